The van der Waals surface area contributed by atoms with Crippen molar-refractivity contribution in [3.05, 3.63) is 0 Å². The van der Waals surface area contributed by atoms with Crippen molar-refractivity contribution in [1.82, 2.24) is 0 Å². The lowest BCUT2D eigenvalue weighted by molar-refractivity contribution is -0.0518. The van der Waals surface area contributed by atoms with Gasteiger partial charge in [-0.2, -0.15) is 0 Å². The van der Waals surface area contributed by atoms with Gasteiger partial charge in [0, 0.05) is 12.8 Å². The van der Waals surface area contributed by atoms with E-state index < -0.39 is 5.92 Å². The molecule has 0 nitrogen and oxygen atoms in total. The molecule has 2 saturated carbocycles. The van der Waals surface area contributed by atoms with Crippen molar-refractivity contribution in [3.8, 4) is 0 Å². The van der Waals surface area contributed by atoms with Gasteiger partial charge in [0.15, 0.2) is 0 Å². The second kappa shape index (κ2) is 2.43. The Hall–Kier alpha value is -0.140. The first-order chi connectivity index (χ1) is 5.58. The van der Waals surface area contributed by atoms with Crippen molar-refractivity contribution in [1.29, 1.82) is 0 Å². The van der Waals surface area contributed by atoms with Gasteiger partial charge >= 0.3 is 0 Å². The Labute approximate surface area is 72.3 Å². The molecule has 1 atom stereocenters. The molecule has 0 aromatic carbocycles. The molecule has 0 bridgehead atoms. The van der Waals surface area contributed by atoms with Crippen LogP contribution in [0.5, 0.6) is 0 Å². The highest BCUT2D eigenvalue weighted by Gasteiger charge is 2.56. The number of alkyl halides is 2. The molecule has 1 spiro atoms. The van der Waals surface area contributed by atoms with E-state index in [9.17, 15) is 8.78 Å². The van der Waals surface area contributed by atoms with Crippen LogP contribution in [0.1, 0.15) is 45.4 Å². The largest absolute Gasteiger partial charge is 0.248 e. The van der Waals surface area contributed by atoms with Crippen molar-refractivity contribution in [3.63, 3.8) is 0 Å². The lowest BCUT2D eigenvalue weighted by Gasteiger charge is -2.29. The maximum atomic E-state index is 12.8. The molecule has 2 fully saturated rings. The van der Waals surface area contributed by atoms with Crippen LogP contribution in [-0.2, 0) is 0 Å². The fraction of sp³-hybridized carbons (Fsp3) is 1.00. The monoisotopic (exact) mass is 174 g/mol. The van der Waals surface area contributed by atoms with E-state index in [4.69, 9.17) is 0 Å². The van der Waals surface area contributed by atoms with Crippen molar-refractivity contribution < 1.29 is 8.78 Å². The second-order valence-corrected chi connectivity index (χ2v) is 4.53. The number of rotatable bonds is 1. The number of halogens is 2. The minimum Gasteiger partial charge on any atom is -0.207 e. The molecule has 12 heavy (non-hydrogen) atoms. The topological polar surface area (TPSA) is 0 Å². The maximum Gasteiger partial charge on any atom is 0.248 e. The summed E-state index contributed by atoms with van der Waals surface area (Å²) in [5.41, 5.74) is 0.371. The molecule has 0 aliphatic heterocycles. The zero-order valence-electron chi connectivity index (χ0n) is 7.58. The van der Waals surface area contributed by atoms with Crippen LogP contribution >= 0.6 is 0 Å². The van der Waals surface area contributed by atoms with Crippen LogP contribution < -0.4 is 0 Å². The lowest BCUT2D eigenvalue weighted by atomic mass is 9.82. The fourth-order valence-corrected chi connectivity index (χ4v) is 2.74. The Bertz CT molecular complexity index is 176. The first kappa shape index (κ1) is 8.46. The Balaban J connectivity index is 1.92. The van der Waals surface area contributed by atoms with Gasteiger partial charge in [0.2, 0.25) is 5.92 Å². The van der Waals surface area contributed by atoms with Crippen LogP contribution in [0, 0.1) is 11.3 Å². The third-order valence-electron chi connectivity index (χ3n) is 3.83. The molecule has 0 amide bonds. The Morgan fingerprint density at radius 2 is 1.75 bits per heavy atom. The lowest BCUT2D eigenvalue weighted by Crippen LogP contribution is -2.26. The summed E-state index contributed by atoms with van der Waals surface area (Å²) in [6.07, 6.45) is 4.25. The van der Waals surface area contributed by atoms with Gasteiger partial charge in [0.05, 0.1) is 0 Å². The van der Waals surface area contributed by atoms with Crippen LogP contribution in [0.4, 0.5) is 8.78 Å². The third-order valence-corrected chi connectivity index (χ3v) is 3.83. The fourth-order valence-electron chi connectivity index (χ4n) is 2.74. The van der Waals surface area contributed by atoms with Crippen molar-refractivity contribution in [2.24, 2.45) is 11.3 Å². The molecule has 0 radical (unpaired) electrons. The molecule has 2 rings (SSSR count). The van der Waals surface area contributed by atoms with Crippen molar-refractivity contribution in [2.75, 3.05) is 0 Å². The van der Waals surface area contributed by atoms with Crippen LogP contribution in [0.2, 0.25) is 0 Å². The van der Waals surface area contributed by atoms with E-state index in [-0.39, 0.29) is 12.8 Å². The van der Waals surface area contributed by atoms with E-state index >= 15 is 0 Å². The minimum atomic E-state index is -2.34. The third kappa shape index (κ3) is 1.25. The van der Waals surface area contributed by atoms with E-state index in [1.165, 1.54) is 12.8 Å². The Kier molecular flexibility index (Phi) is 1.71. The average Bonchev–Trinajstić information content (AvgIpc) is 2.72. The highest BCUT2D eigenvalue weighted by atomic mass is 19.3. The number of hydrogen-bond acceptors (Lipinski definition) is 0. The summed E-state index contributed by atoms with van der Waals surface area (Å²) in [5, 5.41) is 0. The van der Waals surface area contributed by atoms with Crippen LogP contribution in [-0.4, -0.2) is 5.92 Å². The molecule has 0 aromatic rings. The summed E-state index contributed by atoms with van der Waals surface area (Å²) in [6, 6.07) is 0. The predicted octanol–water partition coefficient (Wildman–Crippen LogP) is 3.61. The highest BCUT2D eigenvalue weighted by Crippen LogP contribution is 2.64. The van der Waals surface area contributed by atoms with Gasteiger partial charge < -0.3 is 0 Å². The first-order valence-corrected chi connectivity index (χ1v) is 4.96. The minimum absolute atomic E-state index is 0.142. The van der Waals surface area contributed by atoms with E-state index in [2.05, 4.69) is 6.92 Å². The molecular formula is C10H16F2. The zero-order valence-corrected chi connectivity index (χ0v) is 7.58. The predicted molar refractivity (Wildman–Crippen MR) is 44.2 cm³/mol. The van der Waals surface area contributed by atoms with Gasteiger partial charge in [0.25, 0.3) is 0 Å². The second-order valence-electron chi connectivity index (χ2n) is 4.53. The van der Waals surface area contributed by atoms with Gasteiger partial charge in [-0.25, -0.2) is 8.78 Å². The molecular weight excluding hydrogens is 158 g/mol. The van der Waals surface area contributed by atoms with Gasteiger partial charge in [-0.1, -0.05) is 13.3 Å². The molecule has 0 saturated heterocycles. The average molecular weight is 174 g/mol. The summed E-state index contributed by atoms with van der Waals surface area (Å²) in [5.74, 6) is -1.57. The molecule has 0 N–H and O–H groups in total. The molecule has 0 heterocycles. The number of hydrogen-bond donors (Lipinski definition) is 0. The smallest absolute Gasteiger partial charge is 0.207 e. The molecule has 1 unspecified atom stereocenters. The van der Waals surface area contributed by atoms with E-state index in [1.54, 1.807) is 0 Å². The van der Waals surface area contributed by atoms with E-state index in [1.807, 2.05) is 0 Å². The van der Waals surface area contributed by atoms with Gasteiger partial charge in [-0.05, 0) is 30.6 Å². The normalized spacial score (nSPS) is 36.8. The summed E-state index contributed by atoms with van der Waals surface area (Å²) >= 11 is 0. The van der Waals surface area contributed by atoms with Crippen LogP contribution in [0.3, 0.4) is 0 Å². The van der Waals surface area contributed by atoms with Gasteiger partial charge in [-0.3, -0.25) is 0 Å². The standard InChI is InChI=1S/C10H16F2/c1-2-8-7-9(8)3-5-10(11,12)6-4-9/h8H,2-7H2,1H3. The molecule has 2 aliphatic carbocycles. The Morgan fingerprint density at radius 3 is 2.17 bits per heavy atom. The summed E-state index contributed by atoms with van der Waals surface area (Å²) in [4.78, 5) is 0. The quantitative estimate of drug-likeness (QED) is 0.569. The van der Waals surface area contributed by atoms with Gasteiger partial charge in [-0.15, -0.1) is 0 Å². The van der Waals surface area contributed by atoms with Crippen LogP contribution in [0.25, 0.3) is 0 Å². The Morgan fingerprint density at radius 1 is 1.17 bits per heavy atom. The summed E-state index contributed by atoms with van der Waals surface area (Å²) < 4.78 is 25.6. The summed E-state index contributed by atoms with van der Waals surface area (Å²) in [7, 11) is 0. The molecule has 2 aliphatic rings. The summed E-state index contributed by atoms with van der Waals surface area (Å²) in [6.45, 7) is 2.17. The molecule has 2 heteroatoms. The SMILES string of the molecule is CCC1CC12CCC(F)(F)CC2. The first-order valence-electron chi connectivity index (χ1n) is 4.96. The maximum absolute atomic E-state index is 12.8. The zero-order chi connectivity index (χ0) is 8.82. The van der Waals surface area contributed by atoms with E-state index in [0.29, 0.717) is 5.41 Å². The van der Waals surface area contributed by atoms with Crippen LogP contribution in [0.15, 0.2) is 0 Å². The van der Waals surface area contributed by atoms with Crippen molar-refractivity contribution >= 4 is 0 Å². The van der Waals surface area contributed by atoms with E-state index in [0.717, 1.165) is 18.8 Å². The molecule has 70 valence electrons. The van der Waals surface area contributed by atoms with Gasteiger partial charge in [0.1, 0.15) is 0 Å². The highest BCUT2D eigenvalue weighted by molar-refractivity contribution is 5.04. The molecule has 0 aromatic heterocycles. The van der Waals surface area contributed by atoms with Crippen molar-refractivity contribution in [2.45, 2.75) is 51.4 Å².